The van der Waals surface area contributed by atoms with Gasteiger partial charge in [-0.2, -0.15) is 5.10 Å². The highest BCUT2D eigenvalue weighted by molar-refractivity contribution is 7.80. The molecule has 0 aliphatic heterocycles. The number of ether oxygens (including phenoxy) is 1. The summed E-state index contributed by atoms with van der Waals surface area (Å²) in [5.74, 6) is -0.0582. The molecule has 0 aliphatic carbocycles. The van der Waals surface area contributed by atoms with Crippen molar-refractivity contribution in [3.8, 4) is 5.75 Å². The van der Waals surface area contributed by atoms with Gasteiger partial charge >= 0.3 is 5.97 Å². The highest BCUT2D eigenvalue weighted by Crippen LogP contribution is 2.35. The highest BCUT2D eigenvalue weighted by atomic mass is 35.5. The third-order valence-corrected chi connectivity index (χ3v) is 6.32. The lowest BCUT2D eigenvalue weighted by Gasteiger charge is -2.07. The number of benzene rings is 3. The van der Waals surface area contributed by atoms with Crippen molar-refractivity contribution in [1.29, 1.82) is 0 Å². The van der Waals surface area contributed by atoms with Gasteiger partial charge in [-0.05, 0) is 72.7 Å². The van der Waals surface area contributed by atoms with Gasteiger partial charge in [0, 0.05) is 15.8 Å². The van der Waals surface area contributed by atoms with Crippen molar-refractivity contribution in [3.63, 3.8) is 0 Å². The Hall–Kier alpha value is -3.26. The zero-order valence-corrected chi connectivity index (χ0v) is 19.4. The molecular formula is C24H18ClN3O2S2. The molecule has 8 heteroatoms. The van der Waals surface area contributed by atoms with Gasteiger partial charge in [0.15, 0.2) is 5.11 Å². The van der Waals surface area contributed by atoms with Gasteiger partial charge in [-0.1, -0.05) is 41.9 Å². The Labute approximate surface area is 199 Å². The van der Waals surface area contributed by atoms with E-state index in [1.807, 2.05) is 55.5 Å². The number of thiocarbonyl (C=S) groups is 1. The summed E-state index contributed by atoms with van der Waals surface area (Å²) in [6.45, 7) is 2.01. The second-order valence-electron chi connectivity index (χ2n) is 6.89. The van der Waals surface area contributed by atoms with E-state index in [4.69, 9.17) is 28.6 Å². The van der Waals surface area contributed by atoms with Crippen LogP contribution in [0.15, 0.2) is 77.9 Å². The summed E-state index contributed by atoms with van der Waals surface area (Å²) in [7, 11) is 0. The van der Waals surface area contributed by atoms with Gasteiger partial charge < -0.3 is 10.1 Å². The second kappa shape index (κ2) is 9.91. The zero-order valence-electron chi connectivity index (χ0n) is 17.0. The summed E-state index contributed by atoms with van der Waals surface area (Å²) in [4.78, 5) is 12.9. The minimum absolute atomic E-state index is 0.386. The average molecular weight is 480 g/mol. The lowest BCUT2D eigenvalue weighted by Crippen LogP contribution is -2.23. The Morgan fingerprint density at radius 3 is 2.62 bits per heavy atom. The number of nitrogens with zero attached hydrogens (tertiary/aromatic N) is 1. The molecule has 5 nitrogen and oxygen atoms in total. The van der Waals surface area contributed by atoms with Crippen LogP contribution in [0.1, 0.15) is 20.8 Å². The lowest BCUT2D eigenvalue weighted by atomic mass is 10.2. The Bertz CT molecular complexity index is 1320. The van der Waals surface area contributed by atoms with E-state index < -0.39 is 5.97 Å². The number of carbonyl (C=O) groups is 1. The van der Waals surface area contributed by atoms with E-state index >= 15 is 0 Å². The van der Waals surface area contributed by atoms with Gasteiger partial charge in [0.05, 0.1) is 11.2 Å². The zero-order chi connectivity index (χ0) is 22.5. The molecule has 0 unspecified atom stereocenters. The van der Waals surface area contributed by atoms with Crippen LogP contribution in [-0.4, -0.2) is 17.3 Å². The molecule has 0 amide bonds. The standard InChI is InChI=1S/C24H18ClN3O2S2/c1-15-5-4-6-17(13-15)27-24(31)28-26-14-16-9-11-18(12-10-16)30-23(29)22-21(25)19-7-2-3-8-20(19)32-22/h2-14H,1H3,(H2,27,28,31)/b26-14-. The Morgan fingerprint density at radius 2 is 1.88 bits per heavy atom. The molecule has 0 spiro atoms. The summed E-state index contributed by atoms with van der Waals surface area (Å²) in [6.07, 6.45) is 1.62. The first-order valence-electron chi connectivity index (χ1n) is 9.65. The predicted molar refractivity (Wildman–Crippen MR) is 136 cm³/mol. The first-order valence-corrected chi connectivity index (χ1v) is 11.3. The average Bonchev–Trinajstić information content (AvgIpc) is 3.12. The topological polar surface area (TPSA) is 62.7 Å². The first-order chi connectivity index (χ1) is 15.5. The van der Waals surface area contributed by atoms with Crippen LogP contribution in [0.25, 0.3) is 10.1 Å². The van der Waals surface area contributed by atoms with Crippen LogP contribution in [0.3, 0.4) is 0 Å². The molecule has 0 fully saturated rings. The van der Waals surface area contributed by atoms with E-state index in [2.05, 4.69) is 15.8 Å². The van der Waals surface area contributed by atoms with Crippen LogP contribution >= 0.6 is 35.2 Å². The number of nitrogens with one attached hydrogen (secondary N) is 2. The molecular weight excluding hydrogens is 462 g/mol. The van der Waals surface area contributed by atoms with Crippen LogP contribution in [0.5, 0.6) is 5.75 Å². The van der Waals surface area contributed by atoms with E-state index in [0.717, 1.165) is 26.9 Å². The molecule has 0 saturated heterocycles. The number of hydrogen-bond donors (Lipinski definition) is 2. The molecule has 0 aliphatic rings. The molecule has 4 aromatic rings. The van der Waals surface area contributed by atoms with Gasteiger partial charge in [-0.25, -0.2) is 4.79 Å². The number of carbonyl (C=O) groups excluding carboxylic acids is 1. The van der Waals surface area contributed by atoms with Crippen molar-refractivity contribution in [1.82, 2.24) is 5.43 Å². The smallest absolute Gasteiger partial charge is 0.355 e. The molecule has 3 aromatic carbocycles. The molecule has 0 bridgehead atoms. The molecule has 1 heterocycles. The van der Waals surface area contributed by atoms with Crippen molar-refractivity contribution in [3.05, 3.63) is 93.8 Å². The Morgan fingerprint density at radius 1 is 1.09 bits per heavy atom. The number of halogens is 1. The maximum absolute atomic E-state index is 12.6. The minimum atomic E-state index is -0.480. The van der Waals surface area contributed by atoms with Gasteiger partial charge in [0.2, 0.25) is 0 Å². The summed E-state index contributed by atoms with van der Waals surface area (Å²) < 4.78 is 6.42. The lowest BCUT2D eigenvalue weighted by molar-refractivity contribution is 0.0740. The normalized spacial score (nSPS) is 10.9. The molecule has 0 atom stereocenters. The SMILES string of the molecule is Cc1cccc(NC(=S)N/N=C\c2ccc(OC(=O)c3sc4ccccc4c3Cl)cc2)c1. The molecule has 32 heavy (non-hydrogen) atoms. The Kier molecular flexibility index (Phi) is 6.80. The van der Waals surface area contributed by atoms with Gasteiger partial charge in [0.1, 0.15) is 10.6 Å². The molecule has 4 rings (SSSR count). The number of esters is 1. The quantitative estimate of drug-likeness (QED) is 0.114. The van der Waals surface area contributed by atoms with Crippen LogP contribution in [-0.2, 0) is 0 Å². The van der Waals surface area contributed by atoms with E-state index in [1.165, 1.54) is 11.3 Å². The number of fused-ring (bicyclic) bond motifs is 1. The fraction of sp³-hybridized carbons (Fsp3) is 0.0417. The molecule has 160 valence electrons. The highest BCUT2D eigenvalue weighted by Gasteiger charge is 2.18. The number of thiophene rings is 1. The van der Waals surface area contributed by atoms with E-state index in [1.54, 1.807) is 30.5 Å². The molecule has 2 N–H and O–H groups in total. The van der Waals surface area contributed by atoms with Crippen molar-refractivity contribution in [2.45, 2.75) is 6.92 Å². The largest absolute Gasteiger partial charge is 0.422 e. The second-order valence-corrected chi connectivity index (χ2v) is 8.73. The third-order valence-electron chi connectivity index (χ3n) is 4.47. The van der Waals surface area contributed by atoms with Gasteiger partial charge in [-0.3, -0.25) is 5.43 Å². The van der Waals surface area contributed by atoms with Crippen LogP contribution in [0, 0.1) is 6.92 Å². The summed E-state index contributed by atoms with van der Waals surface area (Å²) in [5, 5.41) is 8.85. The number of aryl methyl sites for hydroxylation is 1. The molecule has 0 saturated carbocycles. The van der Waals surface area contributed by atoms with Crippen LogP contribution in [0.4, 0.5) is 5.69 Å². The Balaban J connectivity index is 1.34. The molecule has 0 radical (unpaired) electrons. The molecule has 1 aromatic heterocycles. The maximum Gasteiger partial charge on any atom is 0.355 e. The van der Waals surface area contributed by atoms with Crippen molar-refractivity contribution in [2.75, 3.05) is 5.32 Å². The van der Waals surface area contributed by atoms with Crippen LogP contribution < -0.4 is 15.5 Å². The fourth-order valence-corrected chi connectivity index (χ4v) is 4.52. The summed E-state index contributed by atoms with van der Waals surface area (Å²) in [5.41, 5.74) is 5.62. The monoisotopic (exact) mass is 479 g/mol. The maximum atomic E-state index is 12.6. The van der Waals surface area contributed by atoms with Crippen LogP contribution in [0.2, 0.25) is 5.02 Å². The fourth-order valence-electron chi connectivity index (χ4n) is 2.97. The van der Waals surface area contributed by atoms with E-state index in [0.29, 0.717) is 20.8 Å². The first kappa shape index (κ1) is 22.0. The number of hydrazone groups is 1. The van der Waals surface area contributed by atoms with Crippen molar-refractivity contribution < 1.29 is 9.53 Å². The van der Waals surface area contributed by atoms with E-state index in [-0.39, 0.29) is 0 Å². The van der Waals surface area contributed by atoms with Gasteiger partial charge in [-0.15, -0.1) is 11.3 Å². The minimum Gasteiger partial charge on any atom is -0.422 e. The van der Waals surface area contributed by atoms with Crippen molar-refractivity contribution >= 4 is 68.2 Å². The number of anilines is 1. The predicted octanol–water partition coefficient (Wildman–Crippen LogP) is 6.40. The summed E-state index contributed by atoms with van der Waals surface area (Å²) in [6, 6.07) is 22.5. The third kappa shape index (κ3) is 5.31. The number of hydrogen-bond acceptors (Lipinski definition) is 5. The van der Waals surface area contributed by atoms with Crippen molar-refractivity contribution in [2.24, 2.45) is 5.10 Å². The van der Waals surface area contributed by atoms with E-state index in [9.17, 15) is 4.79 Å². The number of rotatable bonds is 5. The summed E-state index contributed by atoms with van der Waals surface area (Å²) >= 11 is 12.9. The van der Waals surface area contributed by atoms with Gasteiger partial charge in [0.25, 0.3) is 0 Å².